The van der Waals surface area contributed by atoms with E-state index < -0.39 is 0 Å². The molecule has 0 aromatic heterocycles. The molecule has 0 aliphatic heterocycles. The van der Waals surface area contributed by atoms with E-state index in [1.54, 1.807) is 0 Å². The van der Waals surface area contributed by atoms with Gasteiger partial charge in [-0.1, -0.05) is 72.8 Å². The number of aliphatic imine (C=N–C) groups is 1. The third kappa shape index (κ3) is 6.30. The molecule has 0 spiro atoms. The van der Waals surface area contributed by atoms with E-state index in [0.29, 0.717) is 11.9 Å². The maximum atomic E-state index is 4.77. The number of anilines is 3. The second-order valence-electron chi connectivity index (χ2n) is 6.77. The van der Waals surface area contributed by atoms with Crippen LogP contribution >= 0.6 is 0 Å². The first-order valence-electron chi connectivity index (χ1n) is 10.1. The van der Waals surface area contributed by atoms with Crippen molar-refractivity contribution < 1.29 is 4.99 Å². The first kappa shape index (κ1) is 19.9. The molecule has 0 aliphatic rings. The van der Waals surface area contributed by atoms with Crippen LogP contribution in [0.5, 0.6) is 0 Å². The number of nitrogens with one attached hydrogen (secondary N) is 4. The minimum absolute atomic E-state index is 0.583. The van der Waals surface area contributed by atoms with Crippen LogP contribution in [0, 0.1) is 0 Å². The van der Waals surface area contributed by atoms with E-state index in [-0.39, 0.29) is 0 Å². The highest BCUT2D eigenvalue weighted by molar-refractivity contribution is 6.03. The molecule has 4 aromatic rings. The second-order valence-corrected chi connectivity index (χ2v) is 6.77. The van der Waals surface area contributed by atoms with Gasteiger partial charge in [0.2, 0.25) is 0 Å². The number of hydrogen-bond acceptors (Lipinski definition) is 1. The molecule has 31 heavy (non-hydrogen) atoms. The van der Waals surface area contributed by atoms with Gasteiger partial charge < -0.3 is 0 Å². The summed E-state index contributed by atoms with van der Waals surface area (Å²) in [6.07, 6.45) is 0. The van der Waals surface area contributed by atoms with Crippen LogP contribution < -0.4 is 20.9 Å². The van der Waals surface area contributed by atoms with Crippen LogP contribution in [-0.2, 0) is 0 Å². The SMILES string of the molecule is c1ccc(N=C(Nc2ccccc2)[NH+]=C(Nc2ccccc2)Nc2ccccc2)cc1. The van der Waals surface area contributed by atoms with E-state index in [1.807, 2.05) is 121 Å². The van der Waals surface area contributed by atoms with Crippen molar-refractivity contribution in [2.24, 2.45) is 4.99 Å². The van der Waals surface area contributed by atoms with E-state index in [1.165, 1.54) is 0 Å². The van der Waals surface area contributed by atoms with Gasteiger partial charge in [-0.25, -0.2) is 4.99 Å². The van der Waals surface area contributed by atoms with Crippen molar-refractivity contribution >= 4 is 34.7 Å². The van der Waals surface area contributed by atoms with Gasteiger partial charge in [0.15, 0.2) is 0 Å². The monoisotopic (exact) mass is 406 g/mol. The van der Waals surface area contributed by atoms with Gasteiger partial charge in [0.05, 0.1) is 17.1 Å². The molecule has 5 heteroatoms. The Kier molecular flexibility index (Phi) is 6.69. The molecule has 4 rings (SSSR count). The highest BCUT2D eigenvalue weighted by Crippen LogP contribution is 2.11. The summed E-state index contributed by atoms with van der Waals surface area (Å²) in [5, 5.41) is 10.2. The van der Waals surface area contributed by atoms with Crippen LogP contribution in [0.25, 0.3) is 0 Å². The topological polar surface area (TPSA) is 62.4 Å². The zero-order valence-electron chi connectivity index (χ0n) is 17.0. The van der Waals surface area contributed by atoms with E-state index >= 15 is 0 Å². The summed E-state index contributed by atoms with van der Waals surface area (Å²) in [4.78, 5) is 8.15. The molecule has 4 aromatic carbocycles. The fourth-order valence-corrected chi connectivity index (χ4v) is 2.92. The summed E-state index contributed by atoms with van der Waals surface area (Å²) < 4.78 is 0. The molecule has 4 N–H and O–H groups in total. The van der Waals surface area contributed by atoms with Crippen LogP contribution in [0.3, 0.4) is 0 Å². The van der Waals surface area contributed by atoms with Gasteiger partial charge in [-0.05, 0) is 48.5 Å². The summed E-state index contributed by atoms with van der Waals surface area (Å²) in [6.45, 7) is 0. The maximum absolute atomic E-state index is 4.77. The fourth-order valence-electron chi connectivity index (χ4n) is 2.92. The molecule has 0 fully saturated rings. The molecule has 0 bridgehead atoms. The zero-order valence-corrected chi connectivity index (χ0v) is 17.0. The average Bonchev–Trinajstić information content (AvgIpc) is 2.82. The maximum Gasteiger partial charge on any atom is 0.323 e. The number of benzene rings is 4. The number of nitrogens with zero attached hydrogens (tertiary/aromatic N) is 1. The van der Waals surface area contributed by atoms with Crippen molar-refractivity contribution in [2.45, 2.75) is 0 Å². The summed E-state index contributed by atoms with van der Waals surface area (Å²) in [5.74, 6) is 1.26. The fraction of sp³-hybridized carbons (Fsp3) is 0. The largest absolute Gasteiger partial charge is 0.323 e. The lowest BCUT2D eigenvalue weighted by atomic mass is 10.3. The lowest BCUT2D eigenvalue weighted by Crippen LogP contribution is -2.82. The van der Waals surface area contributed by atoms with Gasteiger partial charge in [0.1, 0.15) is 5.69 Å². The van der Waals surface area contributed by atoms with E-state index in [4.69, 9.17) is 4.99 Å². The second kappa shape index (κ2) is 10.4. The standard InChI is InChI=1S/C26H23N5/c1-5-13-21(14-6-1)27-25(28-22-15-7-2-8-16-22)31-26(29-23-17-9-3-10-18-23)30-24-19-11-4-12-20-24/h1-20H,(H3,27,28,29,30,31)/p+1. The van der Waals surface area contributed by atoms with Crippen molar-refractivity contribution in [3.63, 3.8) is 0 Å². The van der Waals surface area contributed by atoms with E-state index in [0.717, 1.165) is 22.7 Å². The van der Waals surface area contributed by atoms with Crippen LogP contribution in [-0.4, -0.2) is 11.9 Å². The first-order valence-corrected chi connectivity index (χ1v) is 10.1. The van der Waals surface area contributed by atoms with Crippen molar-refractivity contribution in [3.05, 3.63) is 121 Å². The molecule has 5 nitrogen and oxygen atoms in total. The zero-order chi connectivity index (χ0) is 21.1. The smallest absolute Gasteiger partial charge is 0.277 e. The highest BCUT2D eigenvalue weighted by Gasteiger charge is 2.11. The highest BCUT2D eigenvalue weighted by atomic mass is 15.2. The van der Waals surface area contributed by atoms with Crippen LogP contribution in [0.2, 0.25) is 0 Å². The third-order valence-corrected chi connectivity index (χ3v) is 4.36. The van der Waals surface area contributed by atoms with Gasteiger partial charge in [-0.15, -0.1) is 4.99 Å². The summed E-state index contributed by atoms with van der Waals surface area (Å²) in [7, 11) is 0. The molecule has 0 aliphatic carbocycles. The number of para-hydroxylation sites is 4. The molecule has 152 valence electrons. The van der Waals surface area contributed by atoms with Gasteiger partial charge in [-0.2, -0.15) is 0 Å². The van der Waals surface area contributed by atoms with Crippen molar-refractivity contribution in [1.82, 2.24) is 0 Å². The predicted molar refractivity (Wildman–Crippen MR) is 130 cm³/mol. The molecule has 0 radical (unpaired) electrons. The summed E-state index contributed by atoms with van der Waals surface area (Å²) >= 11 is 0. The Morgan fingerprint density at radius 3 is 1.32 bits per heavy atom. The molecule has 0 saturated carbocycles. The molecule has 0 amide bonds. The van der Waals surface area contributed by atoms with Crippen LogP contribution in [0.15, 0.2) is 126 Å². The number of hydrogen-bond donors (Lipinski definition) is 4. The molecule has 0 saturated heterocycles. The molecular formula is C26H24N5+. The Morgan fingerprint density at radius 1 is 0.484 bits per heavy atom. The summed E-state index contributed by atoms with van der Waals surface area (Å²) in [6, 6.07) is 39.7. The third-order valence-electron chi connectivity index (χ3n) is 4.36. The average molecular weight is 407 g/mol. The van der Waals surface area contributed by atoms with Gasteiger partial charge in [0.25, 0.3) is 5.96 Å². The molecule has 0 unspecified atom stereocenters. The predicted octanol–water partition coefficient (Wildman–Crippen LogP) is 4.45. The number of guanidine groups is 2. The Hall–Kier alpha value is -4.38. The molecular weight excluding hydrogens is 382 g/mol. The van der Waals surface area contributed by atoms with E-state index in [9.17, 15) is 0 Å². The Labute approximate surface area is 182 Å². The lowest BCUT2D eigenvalue weighted by Gasteiger charge is -2.10. The minimum Gasteiger partial charge on any atom is -0.277 e. The quantitative estimate of drug-likeness (QED) is 0.299. The first-order chi connectivity index (χ1) is 15.3. The van der Waals surface area contributed by atoms with Crippen molar-refractivity contribution in [2.75, 3.05) is 16.0 Å². The Balaban J connectivity index is 1.70. The Morgan fingerprint density at radius 2 is 0.871 bits per heavy atom. The molecule has 0 heterocycles. The lowest BCUT2D eigenvalue weighted by molar-refractivity contribution is -0.315. The van der Waals surface area contributed by atoms with Crippen LogP contribution in [0.4, 0.5) is 22.7 Å². The minimum atomic E-state index is 0.583. The van der Waals surface area contributed by atoms with Gasteiger partial charge in [-0.3, -0.25) is 16.0 Å². The summed E-state index contributed by atoms with van der Waals surface area (Å²) in [5.41, 5.74) is 3.68. The normalized spacial score (nSPS) is 10.8. The molecule has 0 atom stereocenters. The number of rotatable bonds is 4. The van der Waals surface area contributed by atoms with Crippen molar-refractivity contribution in [1.29, 1.82) is 0 Å². The van der Waals surface area contributed by atoms with Crippen molar-refractivity contribution in [3.8, 4) is 0 Å². The van der Waals surface area contributed by atoms with E-state index in [2.05, 4.69) is 20.9 Å². The van der Waals surface area contributed by atoms with Gasteiger partial charge >= 0.3 is 5.96 Å². The van der Waals surface area contributed by atoms with Crippen LogP contribution in [0.1, 0.15) is 0 Å². The Bertz CT molecular complexity index is 1080. The van der Waals surface area contributed by atoms with Gasteiger partial charge in [0, 0.05) is 0 Å².